The number of rotatable bonds is 9. The first-order chi connectivity index (χ1) is 15.7. The molecule has 1 saturated heterocycles. The summed E-state index contributed by atoms with van der Waals surface area (Å²) in [7, 11) is 1.49. The highest BCUT2D eigenvalue weighted by Crippen LogP contribution is 2.21. The van der Waals surface area contributed by atoms with Crippen molar-refractivity contribution < 1.29 is 14.3 Å². The Labute approximate surface area is 191 Å². The second kappa shape index (κ2) is 10.5. The van der Waals surface area contributed by atoms with E-state index in [2.05, 4.69) is 4.98 Å². The van der Waals surface area contributed by atoms with Crippen molar-refractivity contribution in [1.29, 1.82) is 0 Å². The molecule has 2 heterocycles. The van der Waals surface area contributed by atoms with E-state index in [-0.39, 0.29) is 36.5 Å². The number of nitrogens with one attached hydrogen (secondary N) is 1. The second-order valence-electron chi connectivity index (χ2n) is 8.56. The van der Waals surface area contributed by atoms with Crippen LogP contribution >= 0.6 is 0 Å². The van der Waals surface area contributed by atoms with Gasteiger partial charge in [0, 0.05) is 45.3 Å². The highest BCUT2D eigenvalue weighted by atomic mass is 16.5. The van der Waals surface area contributed by atoms with E-state index >= 15 is 0 Å². The lowest BCUT2D eigenvalue weighted by Crippen LogP contribution is -2.42. The van der Waals surface area contributed by atoms with Crippen molar-refractivity contribution in [1.82, 2.24) is 14.5 Å². The minimum Gasteiger partial charge on any atom is -0.383 e. The van der Waals surface area contributed by atoms with Gasteiger partial charge < -0.3 is 15.4 Å². The summed E-state index contributed by atoms with van der Waals surface area (Å²) in [6, 6.07) is 6.90. The Morgan fingerprint density at radius 1 is 1.21 bits per heavy atom. The lowest BCUT2D eigenvalue weighted by molar-refractivity contribution is -0.128. The number of hydrogen-bond donors (Lipinski definition) is 2. The fourth-order valence-electron chi connectivity index (χ4n) is 3.88. The normalized spacial score (nSPS) is 13.7. The molecule has 0 spiro atoms. The van der Waals surface area contributed by atoms with Crippen molar-refractivity contribution in [3.8, 4) is 0 Å². The van der Waals surface area contributed by atoms with Crippen LogP contribution in [0.1, 0.15) is 42.6 Å². The Kier molecular flexibility index (Phi) is 7.70. The maximum absolute atomic E-state index is 13.4. The number of aromatic amines is 1. The zero-order valence-electron chi connectivity index (χ0n) is 19.3. The van der Waals surface area contributed by atoms with E-state index in [0.717, 1.165) is 18.5 Å². The molecule has 0 radical (unpaired) electrons. The van der Waals surface area contributed by atoms with Gasteiger partial charge in [0.15, 0.2) is 5.69 Å². The number of aromatic nitrogens is 2. The number of ether oxygens (including phenoxy) is 1. The van der Waals surface area contributed by atoms with Crippen molar-refractivity contribution in [2.45, 2.75) is 39.8 Å². The standard InChI is InChI=1S/C23H31N5O5/c1-15(2)13-28-20(24)19(21(30)25-23(28)32)27(11-12-33-3)22(31)17-8-6-16(7-9-17)14-26-10-4-5-18(26)29/h6-9,15H,4-5,10-14,24H2,1-3H3,(H,25,30,32). The predicted octanol–water partition coefficient (Wildman–Crippen LogP) is 1.19. The molecular weight excluding hydrogens is 426 g/mol. The first-order valence-electron chi connectivity index (χ1n) is 11.0. The van der Waals surface area contributed by atoms with Crippen molar-refractivity contribution >= 4 is 23.3 Å². The summed E-state index contributed by atoms with van der Waals surface area (Å²) < 4.78 is 6.40. The third-order valence-corrected chi connectivity index (χ3v) is 5.54. The minimum atomic E-state index is -0.730. The Morgan fingerprint density at radius 3 is 2.48 bits per heavy atom. The third kappa shape index (κ3) is 5.51. The molecule has 33 heavy (non-hydrogen) atoms. The van der Waals surface area contributed by atoms with Crippen LogP contribution in [-0.2, 0) is 22.6 Å². The lowest BCUT2D eigenvalue weighted by atomic mass is 10.1. The van der Waals surface area contributed by atoms with E-state index in [9.17, 15) is 19.2 Å². The Bertz CT molecular complexity index is 1120. The average Bonchev–Trinajstić information content (AvgIpc) is 3.17. The molecule has 0 unspecified atom stereocenters. The molecule has 1 aromatic heterocycles. The van der Waals surface area contributed by atoms with Gasteiger partial charge in [0.1, 0.15) is 5.82 Å². The number of carbonyl (C=O) groups is 2. The fraction of sp³-hybridized carbons (Fsp3) is 0.478. The van der Waals surface area contributed by atoms with Gasteiger partial charge >= 0.3 is 5.69 Å². The number of carbonyl (C=O) groups excluding carboxylic acids is 2. The van der Waals surface area contributed by atoms with Gasteiger partial charge in [-0.25, -0.2) is 4.79 Å². The van der Waals surface area contributed by atoms with Gasteiger partial charge in [-0.05, 0) is 30.0 Å². The predicted molar refractivity (Wildman–Crippen MR) is 125 cm³/mol. The number of hydrogen-bond acceptors (Lipinski definition) is 6. The maximum Gasteiger partial charge on any atom is 0.330 e. The second-order valence-corrected chi connectivity index (χ2v) is 8.56. The number of methoxy groups -OCH3 is 1. The molecule has 1 aliphatic rings. The lowest BCUT2D eigenvalue weighted by Gasteiger charge is -2.25. The van der Waals surface area contributed by atoms with Gasteiger partial charge in [-0.3, -0.25) is 28.8 Å². The SMILES string of the molecule is COCCN(C(=O)c1ccc(CN2CCCC2=O)cc1)c1c(N)n(CC(C)C)c(=O)[nH]c1=O. The van der Waals surface area contributed by atoms with Crippen molar-refractivity contribution in [3.63, 3.8) is 0 Å². The Hall–Kier alpha value is -3.40. The molecule has 3 rings (SSSR count). The molecule has 1 aromatic carbocycles. The number of anilines is 2. The number of H-pyrrole nitrogens is 1. The molecule has 0 atom stereocenters. The summed E-state index contributed by atoms with van der Waals surface area (Å²) in [5.74, 6) is -0.275. The molecule has 3 N–H and O–H groups in total. The average molecular weight is 458 g/mol. The topological polar surface area (TPSA) is 131 Å². The smallest absolute Gasteiger partial charge is 0.330 e. The summed E-state index contributed by atoms with van der Waals surface area (Å²) in [5, 5.41) is 0. The molecule has 1 fully saturated rings. The molecule has 10 heteroatoms. The van der Waals surface area contributed by atoms with Gasteiger partial charge in [-0.2, -0.15) is 0 Å². The molecule has 178 valence electrons. The van der Waals surface area contributed by atoms with Crippen LogP contribution in [0.15, 0.2) is 33.9 Å². The summed E-state index contributed by atoms with van der Waals surface area (Å²) in [6.07, 6.45) is 1.43. The van der Waals surface area contributed by atoms with E-state index in [1.54, 1.807) is 29.2 Å². The molecule has 10 nitrogen and oxygen atoms in total. The molecule has 0 aliphatic carbocycles. The monoisotopic (exact) mass is 457 g/mol. The maximum atomic E-state index is 13.4. The van der Waals surface area contributed by atoms with Crippen LogP contribution in [0.25, 0.3) is 0 Å². The van der Waals surface area contributed by atoms with Crippen LogP contribution in [0.5, 0.6) is 0 Å². The van der Waals surface area contributed by atoms with E-state index < -0.39 is 17.2 Å². The summed E-state index contributed by atoms with van der Waals surface area (Å²) in [5.41, 5.74) is 6.06. The van der Waals surface area contributed by atoms with Crippen LogP contribution in [0, 0.1) is 5.92 Å². The van der Waals surface area contributed by atoms with E-state index in [1.807, 2.05) is 13.8 Å². The first-order valence-corrected chi connectivity index (χ1v) is 11.0. The number of nitrogens with two attached hydrogens (primary N) is 1. The number of amides is 2. The van der Waals surface area contributed by atoms with Crippen molar-refractivity contribution in [3.05, 3.63) is 56.2 Å². The minimum absolute atomic E-state index is 0.0638. The Morgan fingerprint density at radius 2 is 1.91 bits per heavy atom. The highest BCUT2D eigenvalue weighted by Gasteiger charge is 2.26. The summed E-state index contributed by atoms with van der Waals surface area (Å²) in [6.45, 7) is 5.61. The number of benzene rings is 1. The quantitative estimate of drug-likeness (QED) is 0.582. The van der Waals surface area contributed by atoms with E-state index in [1.165, 1.54) is 16.6 Å². The molecule has 2 aromatic rings. The third-order valence-electron chi connectivity index (χ3n) is 5.54. The highest BCUT2D eigenvalue weighted by molar-refractivity contribution is 6.07. The van der Waals surface area contributed by atoms with Gasteiger partial charge in [-0.1, -0.05) is 26.0 Å². The Balaban J connectivity index is 1.93. The summed E-state index contributed by atoms with van der Waals surface area (Å²) >= 11 is 0. The fourth-order valence-corrected chi connectivity index (χ4v) is 3.88. The number of nitrogens with zero attached hydrogens (tertiary/aromatic N) is 3. The van der Waals surface area contributed by atoms with Gasteiger partial charge in [0.25, 0.3) is 11.5 Å². The molecule has 1 aliphatic heterocycles. The van der Waals surface area contributed by atoms with Gasteiger partial charge in [-0.15, -0.1) is 0 Å². The van der Waals surface area contributed by atoms with Crippen LogP contribution in [0.2, 0.25) is 0 Å². The zero-order valence-corrected chi connectivity index (χ0v) is 19.3. The molecular formula is C23H31N5O5. The summed E-state index contributed by atoms with van der Waals surface area (Å²) in [4.78, 5) is 55.6. The van der Waals surface area contributed by atoms with Crippen molar-refractivity contribution in [2.24, 2.45) is 5.92 Å². The van der Waals surface area contributed by atoms with E-state index in [0.29, 0.717) is 25.1 Å². The van der Waals surface area contributed by atoms with Crippen molar-refractivity contribution in [2.75, 3.05) is 37.4 Å². The first kappa shape index (κ1) is 24.2. The molecule has 2 amide bonds. The van der Waals surface area contributed by atoms with E-state index in [4.69, 9.17) is 10.5 Å². The van der Waals surface area contributed by atoms with Crippen LogP contribution in [-0.4, -0.2) is 53.1 Å². The van der Waals surface area contributed by atoms with Crippen LogP contribution in [0.3, 0.4) is 0 Å². The number of likely N-dealkylation sites (tertiary alicyclic amines) is 1. The zero-order chi connectivity index (χ0) is 24.1. The largest absolute Gasteiger partial charge is 0.383 e. The van der Waals surface area contributed by atoms with Crippen LogP contribution in [0.4, 0.5) is 11.5 Å². The molecule has 0 saturated carbocycles. The van der Waals surface area contributed by atoms with Gasteiger partial charge in [0.2, 0.25) is 5.91 Å². The van der Waals surface area contributed by atoms with Gasteiger partial charge in [0.05, 0.1) is 6.61 Å². The number of nitrogen functional groups attached to an aromatic ring is 1. The van der Waals surface area contributed by atoms with Crippen LogP contribution < -0.4 is 21.9 Å². The molecule has 0 bridgehead atoms.